The van der Waals surface area contributed by atoms with Gasteiger partial charge in [-0.3, -0.25) is 43.4 Å². The zero-order valence-electron chi connectivity index (χ0n) is 37.5. The molecule has 2 aliphatic rings. The molecule has 0 aliphatic carbocycles. The molecule has 0 saturated carbocycles. The second-order valence-electron chi connectivity index (χ2n) is 17.6. The Balaban J connectivity index is 1.68. The smallest absolute Gasteiger partial charge is 0.307 e. The van der Waals surface area contributed by atoms with Crippen LogP contribution < -0.4 is 16.0 Å². The maximum Gasteiger partial charge on any atom is 0.307 e. The highest BCUT2D eigenvalue weighted by atomic mass is 16.6. The van der Waals surface area contributed by atoms with E-state index in [0.717, 1.165) is 16.0 Å². The summed E-state index contributed by atoms with van der Waals surface area (Å²) >= 11 is 0. The first-order chi connectivity index (χ1) is 30.0. The molecule has 2 aromatic carbocycles. The number of rotatable bonds is 27. The number of esters is 1. The molecular weight excluding hydrogens is 811 g/mol. The van der Waals surface area contributed by atoms with E-state index in [1.165, 1.54) is 0 Å². The number of ketones is 1. The number of carbonyl (C=O) groups excluding carboxylic acids is 6. The summed E-state index contributed by atoms with van der Waals surface area (Å²) in [5.41, 5.74) is 0.646. The Labute approximate surface area is 371 Å². The average molecular weight is 878 g/mol. The van der Waals surface area contributed by atoms with Crippen molar-refractivity contribution in [3.8, 4) is 0 Å². The Hall–Kier alpha value is -5.19. The zero-order chi connectivity index (χ0) is 45.9. The van der Waals surface area contributed by atoms with Crippen molar-refractivity contribution in [1.29, 1.82) is 0 Å². The van der Waals surface area contributed by atoms with Crippen molar-refractivity contribution in [2.45, 2.75) is 122 Å². The van der Waals surface area contributed by atoms with E-state index in [-0.39, 0.29) is 75.7 Å². The molecule has 5 atom stereocenters. The maximum atomic E-state index is 15.0. The van der Waals surface area contributed by atoms with Gasteiger partial charge < -0.3 is 35.3 Å². The molecule has 2 heterocycles. The third kappa shape index (κ3) is 17.5. The number of Topliss-reactive ketones (excluding diaryl/α,β-unsaturated/α-hetero) is 1. The quantitative estimate of drug-likeness (QED) is 0.0440. The molecule has 346 valence electrons. The molecule has 2 fully saturated rings. The summed E-state index contributed by atoms with van der Waals surface area (Å²) in [6, 6.07) is 14.0. The summed E-state index contributed by atoms with van der Waals surface area (Å²) in [7, 11) is 0. The number of carbonyl (C=O) groups is 7. The number of nitrogens with one attached hydrogen (secondary N) is 3. The van der Waals surface area contributed by atoms with Gasteiger partial charge in [0.15, 0.2) is 12.5 Å². The Bertz CT molecular complexity index is 1820. The van der Waals surface area contributed by atoms with Gasteiger partial charge in [0.1, 0.15) is 23.7 Å². The largest absolute Gasteiger partial charge is 0.481 e. The van der Waals surface area contributed by atoms with Crippen molar-refractivity contribution >= 4 is 41.4 Å². The van der Waals surface area contributed by atoms with Crippen molar-refractivity contribution < 1.29 is 52.9 Å². The summed E-state index contributed by atoms with van der Waals surface area (Å²) in [5, 5.41) is 17.8. The summed E-state index contributed by atoms with van der Waals surface area (Å²) < 4.78 is 16.5. The van der Waals surface area contributed by atoms with Gasteiger partial charge in [0.05, 0.1) is 32.4 Å². The van der Waals surface area contributed by atoms with E-state index in [9.17, 15) is 28.8 Å². The number of carboxylic acid groups (broad SMARTS) is 1. The van der Waals surface area contributed by atoms with Crippen LogP contribution in [0.5, 0.6) is 0 Å². The van der Waals surface area contributed by atoms with Crippen molar-refractivity contribution in [3.63, 3.8) is 0 Å². The lowest BCUT2D eigenvalue weighted by atomic mass is 9.93. The van der Waals surface area contributed by atoms with Crippen LogP contribution in [0.15, 0.2) is 60.7 Å². The second-order valence-corrected chi connectivity index (χ2v) is 17.6. The van der Waals surface area contributed by atoms with Gasteiger partial charge in [0.2, 0.25) is 23.6 Å². The van der Waals surface area contributed by atoms with Crippen LogP contribution in [-0.4, -0.2) is 132 Å². The van der Waals surface area contributed by atoms with Gasteiger partial charge in [-0.15, -0.1) is 0 Å². The molecule has 2 aromatic rings. The highest BCUT2D eigenvalue weighted by molar-refractivity contribution is 5.99. The predicted molar refractivity (Wildman–Crippen MR) is 234 cm³/mol. The fourth-order valence-corrected chi connectivity index (χ4v) is 7.43. The van der Waals surface area contributed by atoms with Gasteiger partial charge >= 0.3 is 11.9 Å². The fourth-order valence-electron chi connectivity index (χ4n) is 7.43. The van der Waals surface area contributed by atoms with E-state index in [0.29, 0.717) is 39.1 Å². The first kappa shape index (κ1) is 50.5. The zero-order valence-corrected chi connectivity index (χ0v) is 37.5. The number of hydrogen-bond acceptors (Lipinski definition) is 11. The van der Waals surface area contributed by atoms with E-state index in [1.54, 1.807) is 6.92 Å². The molecule has 0 spiro atoms. The number of unbranched alkanes of at least 4 members (excludes halogenated alkanes) is 1. The lowest BCUT2D eigenvalue weighted by Gasteiger charge is -2.35. The molecule has 0 radical (unpaired) electrons. The maximum absolute atomic E-state index is 15.0. The molecule has 2 aliphatic heterocycles. The van der Waals surface area contributed by atoms with Crippen molar-refractivity contribution in [3.05, 3.63) is 71.8 Å². The normalized spacial score (nSPS) is 18.1. The molecule has 4 rings (SSSR count). The minimum absolute atomic E-state index is 0.0155. The minimum atomic E-state index is -1.29. The number of carboxylic acids is 1. The monoisotopic (exact) mass is 877 g/mol. The van der Waals surface area contributed by atoms with Gasteiger partial charge in [-0.25, -0.2) is 0 Å². The van der Waals surface area contributed by atoms with Crippen molar-refractivity contribution in [2.24, 2.45) is 11.8 Å². The summed E-state index contributed by atoms with van der Waals surface area (Å²) in [5.74, 6) is -4.45. The number of hydrogen-bond donors (Lipinski definition) is 4. The second kappa shape index (κ2) is 25.2. The van der Waals surface area contributed by atoms with Gasteiger partial charge in [-0.1, -0.05) is 88.4 Å². The minimum Gasteiger partial charge on any atom is -0.481 e. The number of aliphatic carboxylic acids is 1. The Morgan fingerprint density at radius 1 is 0.778 bits per heavy atom. The summed E-state index contributed by atoms with van der Waals surface area (Å²) in [4.78, 5) is 98.6. The lowest BCUT2D eigenvalue weighted by Crippen LogP contribution is -2.60. The first-order valence-electron chi connectivity index (χ1n) is 22.2. The van der Waals surface area contributed by atoms with Crippen LogP contribution in [0, 0.1) is 11.8 Å². The molecule has 0 bridgehead atoms. The first-order valence-corrected chi connectivity index (χ1v) is 22.2. The standard InChI is InChI=1S/C47H67N5O11/c1-32(2)26-37(43(57)47(5)30-63-47)49-44(58)38(28-35-16-10-7-11-17-35)50-45(59)39(27-33(3)4)52(31-62-42(56)19-13-12-18-41(54)55)46(60)36(21-20-34-14-8-6-9-15-34)48-40(53)29-51-22-24-61-25-23-51/h6-11,14-17,32-33,36-39H,12-13,18-31H2,1-5H3,(H,48,53)(H,49,58)(H,50,59)(H,54,55)/t36-,37-,38-,39-,47-/m0/s1. The van der Waals surface area contributed by atoms with E-state index in [2.05, 4.69) is 16.0 Å². The highest BCUT2D eigenvalue weighted by Gasteiger charge is 2.50. The number of ether oxygens (including phenoxy) is 3. The van der Waals surface area contributed by atoms with Crippen LogP contribution in [-0.2, 0) is 60.6 Å². The van der Waals surface area contributed by atoms with Crippen LogP contribution in [0.4, 0.5) is 0 Å². The number of aryl methyl sites for hydroxylation is 1. The Kier molecular flexibility index (Phi) is 20.2. The van der Waals surface area contributed by atoms with Gasteiger partial charge in [0.25, 0.3) is 0 Å². The van der Waals surface area contributed by atoms with Crippen LogP contribution in [0.3, 0.4) is 0 Å². The molecule has 16 nitrogen and oxygen atoms in total. The van der Waals surface area contributed by atoms with Crippen LogP contribution in [0.2, 0.25) is 0 Å². The molecule has 4 amide bonds. The third-order valence-electron chi connectivity index (χ3n) is 11.1. The van der Waals surface area contributed by atoms with Gasteiger partial charge in [-0.2, -0.15) is 0 Å². The van der Waals surface area contributed by atoms with Crippen molar-refractivity contribution in [2.75, 3.05) is 46.2 Å². The molecule has 4 N–H and O–H groups in total. The summed E-state index contributed by atoms with van der Waals surface area (Å²) in [6.45, 7) is 10.9. The molecule has 63 heavy (non-hydrogen) atoms. The lowest BCUT2D eigenvalue weighted by molar-refractivity contribution is -0.160. The van der Waals surface area contributed by atoms with Crippen LogP contribution >= 0.6 is 0 Å². The number of nitrogens with zero attached hydrogens (tertiary/aromatic N) is 2. The molecule has 16 heteroatoms. The van der Waals surface area contributed by atoms with Gasteiger partial charge in [-0.05, 0) is 68.4 Å². The molecule has 0 aromatic heterocycles. The number of amides is 4. The van der Waals surface area contributed by atoms with Crippen LogP contribution in [0.25, 0.3) is 0 Å². The van der Waals surface area contributed by atoms with E-state index in [4.69, 9.17) is 19.3 Å². The topological polar surface area (TPSA) is 213 Å². The number of benzene rings is 2. The average Bonchev–Trinajstić information content (AvgIpc) is 4.01. The molecular formula is C47H67N5O11. The van der Waals surface area contributed by atoms with Crippen molar-refractivity contribution in [1.82, 2.24) is 25.8 Å². The Morgan fingerprint density at radius 2 is 1.37 bits per heavy atom. The fraction of sp³-hybridized carbons (Fsp3) is 0.596. The predicted octanol–water partition coefficient (Wildman–Crippen LogP) is 3.44. The summed E-state index contributed by atoms with van der Waals surface area (Å²) in [6.07, 6.45) is 1.26. The molecule has 2 saturated heterocycles. The van der Waals surface area contributed by atoms with Crippen LogP contribution in [0.1, 0.15) is 90.7 Å². The highest BCUT2D eigenvalue weighted by Crippen LogP contribution is 2.30. The molecule has 0 unspecified atom stereocenters. The number of epoxide rings is 1. The number of morpholine rings is 1. The van der Waals surface area contributed by atoms with E-state index in [1.807, 2.05) is 93.3 Å². The van der Waals surface area contributed by atoms with E-state index >= 15 is 4.79 Å². The third-order valence-corrected chi connectivity index (χ3v) is 11.1. The Morgan fingerprint density at radius 3 is 1.95 bits per heavy atom. The van der Waals surface area contributed by atoms with Gasteiger partial charge in [0, 0.05) is 32.4 Å². The van der Waals surface area contributed by atoms with E-state index < -0.39 is 72.1 Å². The SMILES string of the molecule is CC(C)C[C@H](NC(=O)[C@H](Cc1ccccc1)NC(=O)[C@H](CC(C)C)N(COC(=O)CCCCC(=O)O)C(=O)[C@H](CCc1ccccc1)NC(=O)CN1CCOCC1)C(=O)[C@]1(C)CO1.